The molecule has 6 nitrogen and oxygen atoms in total. The highest BCUT2D eigenvalue weighted by molar-refractivity contribution is 5.96. The average Bonchev–Trinajstić information content (AvgIpc) is 3.28. The zero-order valence-corrected chi connectivity index (χ0v) is 15.2. The summed E-state index contributed by atoms with van der Waals surface area (Å²) in [6.45, 7) is 8.02. The van der Waals surface area contributed by atoms with E-state index in [4.69, 9.17) is 4.52 Å². The van der Waals surface area contributed by atoms with Crippen molar-refractivity contribution in [3.63, 3.8) is 0 Å². The van der Waals surface area contributed by atoms with Crippen LogP contribution in [0.4, 0.5) is 0 Å². The lowest BCUT2D eigenvalue weighted by Gasteiger charge is -2.32. The first-order valence-electron chi connectivity index (χ1n) is 9.20. The van der Waals surface area contributed by atoms with Gasteiger partial charge in [0.05, 0.1) is 5.56 Å². The normalized spacial score (nSPS) is 19.3. The predicted octanol–water partition coefficient (Wildman–Crippen LogP) is 2.75. The van der Waals surface area contributed by atoms with E-state index in [1.54, 1.807) is 0 Å². The predicted molar refractivity (Wildman–Crippen MR) is 95.1 cm³/mol. The molecule has 134 valence electrons. The number of amides is 1. The van der Waals surface area contributed by atoms with E-state index in [1.807, 2.05) is 37.5 Å². The van der Waals surface area contributed by atoms with E-state index >= 15 is 0 Å². The number of hydrogen-bond acceptors (Lipinski definition) is 4. The van der Waals surface area contributed by atoms with Crippen LogP contribution in [0.5, 0.6) is 0 Å². The molecule has 4 rings (SSSR count). The number of hydrogen-bond donors (Lipinski definition) is 1. The second-order valence-corrected chi connectivity index (χ2v) is 7.43. The van der Waals surface area contributed by atoms with Crippen LogP contribution in [0, 0.1) is 20.8 Å². The molecule has 1 N–H and O–H groups in total. The summed E-state index contributed by atoms with van der Waals surface area (Å²) in [7, 11) is 0. The minimum Gasteiger partial charge on any atom is -0.360 e. The van der Waals surface area contributed by atoms with Gasteiger partial charge in [0.1, 0.15) is 5.76 Å². The summed E-state index contributed by atoms with van der Waals surface area (Å²) in [6.07, 6.45) is 4.79. The lowest BCUT2D eigenvalue weighted by Crippen LogP contribution is -2.45. The first kappa shape index (κ1) is 16.4. The third kappa shape index (κ3) is 3.23. The van der Waals surface area contributed by atoms with Gasteiger partial charge in [-0.2, -0.15) is 0 Å². The molecule has 0 aromatic carbocycles. The van der Waals surface area contributed by atoms with Crippen LogP contribution in [-0.2, 0) is 0 Å². The molecule has 1 saturated heterocycles. The quantitative estimate of drug-likeness (QED) is 0.928. The van der Waals surface area contributed by atoms with Crippen LogP contribution in [-0.4, -0.2) is 45.7 Å². The van der Waals surface area contributed by atoms with E-state index in [2.05, 4.69) is 15.4 Å². The Morgan fingerprint density at radius 3 is 2.48 bits per heavy atom. The van der Waals surface area contributed by atoms with E-state index < -0.39 is 0 Å². The zero-order chi connectivity index (χ0) is 17.6. The maximum absolute atomic E-state index is 12.8. The van der Waals surface area contributed by atoms with Gasteiger partial charge in [0, 0.05) is 42.6 Å². The largest absolute Gasteiger partial charge is 0.360 e. The summed E-state index contributed by atoms with van der Waals surface area (Å²) in [5.41, 5.74) is 2.61. The van der Waals surface area contributed by atoms with Crippen molar-refractivity contribution in [3.05, 3.63) is 34.8 Å². The SMILES string of the molecule is Cc1cc(-n2c(C)cc(C(=O)NC3CCN(C4CC4)CC3)c2C)no1. The molecule has 0 radical (unpaired) electrons. The molecule has 0 bridgehead atoms. The molecule has 1 aliphatic heterocycles. The Hall–Kier alpha value is -2.08. The molecule has 0 atom stereocenters. The molecule has 2 fully saturated rings. The Morgan fingerprint density at radius 1 is 1.16 bits per heavy atom. The van der Waals surface area contributed by atoms with Gasteiger partial charge < -0.3 is 14.7 Å². The molecule has 6 heteroatoms. The van der Waals surface area contributed by atoms with E-state index in [0.29, 0.717) is 0 Å². The molecule has 3 heterocycles. The van der Waals surface area contributed by atoms with Crippen molar-refractivity contribution >= 4 is 5.91 Å². The summed E-state index contributed by atoms with van der Waals surface area (Å²) in [4.78, 5) is 15.4. The lowest BCUT2D eigenvalue weighted by molar-refractivity contribution is 0.0908. The van der Waals surface area contributed by atoms with Crippen molar-refractivity contribution in [3.8, 4) is 5.82 Å². The molecule has 0 spiro atoms. The standard InChI is InChI=1S/C19H26N4O2/c1-12-10-17(14(3)23(12)18-11-13(2)25-21-18)19(24)20-15-6-8-22(9-7-15)16-4-5-16/h10-11,15-16H,4-9H2,1-3H3,(H,20,24). The molecule has 2 aromatic heterocycles. The Bertz CT molecular complexity index is 779. The van der Waals surface area contributed by atoms with Crippen LogP contribution in [0.1, 0.15) is 53.2 Å². The van der Waals surface area contributed by atoms with Crippen molar-refractivity contribution in [1.82, 2.24) is 19.9 Å². The second kappa shape index (κ2) is 6.33. The Labute approximate surface area is 148 Å². The topological polar surface area (TPSA) is 63.3 Å². The summed E-state index contributed by atoms with van der Waals surface area (Å²) < 4.78 is 7.15. The smallest absolute Gasteiger partial charge is 0.253 e. The van der Waals surface area contributed by atoms with Crippen LogP contribution in [0.3, 0.4) is 0 Å². The lowest BCUT2D eigenvalue weighted by atomic mass is 10.0. The van der Waals surface area contributed by atoms with Gasteiger partial charge >= 0.3 is 0 Å². The Kier molecular flexibility index (Phi) is 4.15. The third-order valence-corrected chi connectivity index (χ3v) is 5.45. The number of aryl methyl sites for hydroxylation is 2. The molecule has 2 aromatic rings. The summed E-state index contributed by atoms with van der Waals surface area (Å²) in [5.74, 6) is 1.50. The van der Waals surface area contributed by atoms with Crippen molar-refractivity contribution in [1.29, 1.82) is 0 Å². The molecule has 2 aliphatic rings. The summed E-state index contributed by atoms with van der Waals surface area (Å²) in [5, 5.41) is 7.31. The molecular formula is C19H26N4O2. The number of piperidine rings is 1. The maximum atomic E-state index is 12.8. The van der Waals surface area contributed by atoms with Gasteiger partial charge in [-0.1, -0.05) is 5.16 Å². The van der Waals surface area contributed by atoms with Gasteiger partial charge in [0.15, 0.2) is 5.82 Å². The van der Waals surface area contributed by atoms with Crippen LogP contribution in [0.15, 0.2) is 16.7 Å². The Balaban J connectivity index is 1.45. The first-order valence-corrected chi connectivity index (χ1v) is 9.20. The Morgan fingerprint density at radius 2 is 1.88 bits per heavy atom. The van der Waals surface area contributed by atoms with Gasteiger partial charge in [-0.05, 0) is 52.5 Å². The van der Waals surface area contributed by atoms with Crippen molar-refractivity contribution in [2.45, 2.75) is 58.5 Å². The van der Waals surface area contributed by atoms with Gasteiger partial charge in [0.25, 0.3) is 5.91 Å². The number of aromatic nitrogens is 2. The number of nitrogens with one attached hydrogen (secondary N) is 1. The van der Waals surface area contributed by atoms with E-state index in [9.17, 15) is 4.79 Å². The number of carbonyl (C=O) groups excluding carboxylic acids is 1. The fraction of sp³-hybridized carbons (Fsp3) is 0.579. The highest BCUT2D eigenvalue weighted by Crippen LogP contribution is 2.29. The van der Waals surface area contributed by atoms with E-state index in [1.165, 1.54) is 12.8 Å². The highest BCUT2D eigenvalue weighted by atomic mass is 16.5. The molecule has 1 saturated carbocycles. The van der Waals surface area contributed by atoms with Gasteiger partial charge in [-0.3, -0.25) is 9.36 Å². The number of nitrogens with zero attached hydrogens (tertiary/aromatic N) is 3. The van der Waals surface area contributed by atoms with Crippen molar-refractivity contribution in [2.75, 3.05) is 13.1 Å². The second-order valence-electron chi connectivity index (χ2n) is 7.43. The van der Waals surface area contributed by atoms with Gasteiger partial charge in [0.2, 0.25) is 0 Å². The van der Waals surface area contributed by atoms with E-state index in [0.717, 1.165) is 60.5 Å². The number of rotatable bonds is 4. The maximum Gasteiger partial charge on any atom is 0.253 e. The fourth-order valence-corrected chi connectivity index (χ4v) is 3.92. The molecule has 25 heavy (non-hydrogen) atoms. The number of likely N-dealkylation sites (tertiary alicyclic amines) is 1. The summed E-state index contributed by atoms with van der Waals surface area (Å²) in [6, 6.07) is 4.92. The third-order valence-electron chi connectivity index (χ3n) is 5.45. The van der Waals surface area contributed by atoms with Gasteiger partial charge in [-0.25, -0.2) is 0 Å². The highest BCUT2D eigenvalue weighted by Gasteiger charge is 2.32. The molecule has 1 amide bonds. The average molecular weight is 342 g/mol. The summed E-state index contributed by atoms with van der Waals surface area (Å²) >= 11 is 0. The van der Waals surface area contributed by atoms with Crippen LogP contribution in [0.25, 0.3) is 5.82 Å². The van der Waals surface area contributed by atoms with Crippen LogP contribution >= 0.6 is 0 Å². The monoisotopic (exact) mass is 342 g/mol. The van der Waals surface area contributed by atoms with Crippen molar-refractivity contribution in [2.24, 2.45) is 0 Å². The molecule has 0 unspecified atom stereocenters. The first-order chi connectivity index (χ1) is 12.0. The molecule has 1 aliphatic carbocycles. The minimum absolute atomic E-state index is 0.0180. The minimum atomic E-state index is 0.0180. The molecular weight excluding hydrogens is 316 g/mol. The fourth-order valence-electron chi connectivity index (χ4n) is 3.92. The van der Waals surface area contributed by atoms with Crippen LogP contribution in [0.2, 0.25) is 0 Å². The zero-order valence-electron chi connectivity index (χ0n) is 15.2. The number of carbonyl (C=O) groups is 1. The van der Waals surface area contributed by atoms with E-state index in [-0.39, 0.29) is 11.9 Å². The van der Waals surface area contributed by atoms with Gasteiger partial charge in [-0.15, -0.1) is 0 Å². The van der Waals surface area contributed by atoms with Crippen LogP contribution < -0.4 is 5.32 Å². The van der Waals surface area contributed by atoms with Crippen molar-refractivity contribution < 1.29 is 9.32 Å².